The van der Waals surface area contributed by atoms with Gasteiger partial charge >= 0.3 is 18.0 Å². The van der Waals surface area contributed by atoms with Crippen molar-refractivity contribution in [3.05, 3.63) is 0 Å². The fourth-order valence-corrected chi connectivity index (χ4v) is 0.463. The highest BCUT2D eigenvalue weighted by molar-refractivity contribution is 4.93. The van der Waals surface area contributed by atoms with E-state index in [9.17, 15) is 26.3 Å². The van der Waals surface area contributed by atoms with Crippen LogP contribution in [0.2, 0.25) is 0 Å². The van der Waals surface area contributed by atoms with Crippen LogP contribution in [0.4, 0.5) is 26.3 Å². The third kappa shape index (κ3) is 1.88. The minimum atomic E-state index is -6.01. The second kappa shape index (κ2) is 3.02. The molecular formula is C5H6F6O2. The Bertz CT molecular complexity index is 184. The van der Waals surface area contributed by atoms with E-state index in [1.165, 1.54) is 0 Å². The van der Waals surface area contributed by atoms with Gasteiger partial charge in [0.1, 0.15) is 6.10 Å². The van der Waals surface area contributed by atoms with E-state index in [1.807, 2.05) is 0 Å². The molecule has 0 aromatic heterocycles. The summed E-state index contributed by atoms with van der Waals surface area (Å²) < 4.78 is 71.6. The molecule has 2 nitrogen and oxygen atoms in total. The van der Waals surface area contributed by atoms with Gasteiger partial charge in [-0.25, -0.2) is 0 Å². The van der Waals surface area contributed by atoms with E-state index in [1.54, 1.807) is 0 Å². The highest BCUT2D eigenvalue weighted by Gasteiger charge is 2.73. The molecule has 0 aromatic carbocycles. The zero-order valence-corrected chi connectivity index (χ0v) is 6.24. The van der Waals surface area contributed by atoms with E-state index in [0.29, 0.717) is 0 Å². The minimum absolute atomic E-state index is 0.208. The van der Waals surface area contributed by atoms with Gasteiger partial charge in [0, 0.05) is 0 Å². The first-order valence-electron chi connectivity index (χ1n) is 2.98. The average Bonchev–Trinajstić information content (AvgIpc) is 1.84. The van der Waals surface area contributed by atoms with Crippen LogP contribution in [0, 0.1) is 0 Å². The fraction of sp³-hybridized carbons (Fsp3) is 1.00. The van der Waals surface area contributed by atoms with Crippen LogP contribution in [0.5, 0.6) is 0 Å². The Labute approximate surface area is 68.8 Å². The molecule has 1 unspecified atom stereocenters. The van der Waals surface area contributed by atoms with Gasteiger partial charge in [0.15, 0.2) is 0 Å². The summed E-state index contributed by atoms with van der Waals surface area (Å²) in [7, 11) is 0. The Kier molecular flexibility index (Phi) is 2.90. The van der Waals surface area contributed by atoms with E-state index >= 15 is 0 Å². The lowest BCUT2D eigenvalue weighted by Gasteiger charge is -2.30. The largest absolute Gasteiger partial charge is 0.423 e. The fourth-order valence-electron chi connectivity index (χ4n) is 0.463. The van der Waals surface area contributed by atoms with E-state index in [0.717, 1.165) is 0 Å². The van der Waals surface area contributed by atoms with Crippen molar-refractivity contribution >= 4 is 0 Å². The van der Waals surface area contributed by atoms with Gasteiger partial charge in [0.05, 0.1) is 0 Å². The van der Waals surface area contributed by atoms with E-state index in [2.05, 4.69) is 0 Å². The van der Waals surface area contributed by atoms with Crippen molar-refractivity contribution in [1.29, 1.82) is 0 Å². The average molecular weight is 212 g/mol. The van der Waals surface area contributed by atoms with Crippen LogP contribution in [-0.2, 0) is 0 Å². The molecule has 0 radical (unpaired) electrons. The first kappa shape index (κ1) is 12.5. The van der Waals surface area contributed by atoms with Crippen molar-refractivity contribution in [2.45, 2.75) is 31.0 Å². The van der Waals surface area contributed by atoms with Crippen LogP contribution >= 0.6 is 0 Å². The summed E-state index contributed by atoms with van der Waals surface area (Å²) >= 11 is 0. The predicted octanol–water partition coefficient (Wildman–Crippen LogP) is 1.22. The van der Waals surface area contributed by atoms with Gasteiger partial charge in [-0.3, -0.25) is 0 Å². The van der Waals surface area contributed by atoms with Gasteiger partial charge in [0.2, 0.25) is 0 Å². The number of rotatable bonds is 3. The molecule has 0 saturated carbocycles. The summed E-state index contributed by atoms with van der Waals surface area (Å²) in [6.45, 7) is 0.208. The maximum Gasteiger partial charge on any atom is 0.423 e. The van der Waals surface area contributed by atoms with Gasteiger partial charge in [-0.05, 0) is 6.92 Å². The molecule has 0 spiro atoms. The summed E-state index contributed by atoms with van der Waals surface area (Å²) in [6.07, 6.45) is -8.88. The molecule has 0 saturated heterocycles. The molecule has 0 rings (SSSR count). The predicted molar refractivity (Wildman–Crippen MR) is 28.7 cm³/mol. The number of aliphatic hydroxyl groups is 2. The number of halogens is 6. The zero-order valence-electron chi connectivity index (χ0n) is 6.24. The normalized spacial score (nSPS) is 17.3. The second-order valence-electron chi connectivity index (χ2n) is 2.41. The van der Waals surface area contributed by atoms with Gasteiger partial charge < -0.3 is 10.2 Å². The summed E-state index contributed by atoms with van der Waals surface area (Å²) in [4.78, 5) is 0. The molecular weight excluding hydrogens is 206 g/mol. The van der Waals surface area contributed by atoms with E-state index in [-0.39, 0.29) is 6.92 Å². The van der Waals surface area contributed by atoms with Gasteiger partial charge in [-0.15, -0.1) is 0 Å². The number of alkyl halides is 6. The Morgan fingerprint density at radius 3 is 1.38 bits per heavy atom. The Hall–Kier alpha value is -0.500. The first-order valence-corrected chi connectivity index (χ1v) is 2.98. The SMILES string of the molecule is CC(O)C(F)(F)C(F)(F)C(O)(F)F. The molecule has 8 heteroatoms. The van der Waals surface area contributed by atoms with Crippen LogP contribution in [0.15, 0.2) is 0 Å². The molecule has 0 aliphatic carbocycles. The third-order valence-corrected chi connectivity index (χ3v) is 1.32. The van der Waals surface area contributed by atoms with Crippen molar-refractivity contribution in [3.63, 3.8) is 0 Å². The van der Waals surface area contributed by atoms with Crippen molar-refractivity contribution < 1.29 is 36.6 Å². The Morgan fingerprint density at radius 1 is 1.00 bits per heavy atom. The first-order chi connectivity index (χ1) is 5.44. The maximum atomic E-state index is 12.2. The van der Waals surface area contributed by atoms with Crippen LogP contribution in [0.1, 0.15) is 6.92 Å². The molecule has 13 heavy (non-hydrogen) atoms. The van der Waals surface area contributed by atoms with Crippen molar-refractivity contribution in [2.75, 3.05) is 0 Å². The monoisotopic (exact) mass is 212 g/mol. The van der Waals surface area contributed by atoms with Crippen molar-refractivity contribution in [2.24, 2.45) is 0 Å². The van der Waals surface area contributed by atoms with Gasteiger partial charge in [-0.1, -0.05) is 0 Å². The summed E-state index contributed by atoms with van der Waals surface area (Å²) in [6, 6.07) is 0. The molecule has 80 valence electrons. The van der Waals surface area contributed by atoms with Crippen molar-refractivity contribution in [3.8, 4) is 0 Å². The summed E-state index contributed by atoms with van der Waals surface area (Å²) in [5, 5.41) is 15.6. The minimum Gasteiger partial charge on any atom is -0.387 e. The molecule has 0 aliphatic heterocycles. The lowest BCUT2D eigenvalue weighted by molar-refractivity contribution is -0.395. The molecule has 0 heterocycles. The second-order valence-corrected chi connectivity index (χ2v) is 2.41. The highest BCUT2D eigenvalue weighted by atomic mass is 19.3. The number of aliphatic hydroxyl groups excluding tert-OH is 1. The van der Waals surface area contributed by atoms with Crippen LogP contribution in [-0.4, -0.2) is 34.3 Å². The topological polar surface area (TPSA) is 40.5 Å². The molecule has 0 bridgehead atoms. The summed E-state index contributed by atoms with van der Waals surface area (Å²) in [5.74, 6) is -11.4. The number of hydrogen-bond acceptors (Lipinski definition) is 2. The quantitative estimate of drug-likeness (QED) is 0.690. The molecule has 1 atom stereocenters. The van der Waals surface area contributed by atoms with Crippen molar-refractivity contribution in [1.82, 2.24) is 0 Å². The van der Waals surface area contributed by atoms with Crippen LogP contribution in [0.3, 0.4) is 0 Å². The lowest BCUT2D eigenvalue weighted by atomic mass is 10.1. The lowest BCUT2D eigenvalue weighted by Crippen LogP contribution is -2.58. The molecule has 0 fully saturated rings. The Balaban J connectivity index is 5.04. The molecule has 0 aromatic rings. The van der Waals surface area contributed by atoms with Gasteiger partial charge in [-0.2, -0.15) is 26.3 Å². The maximum absolute atomic E-state index is 12.2. The van der Waals surface area contributed by atoms with E-state index in [4.69, 9.17) is 10.2 Å². The smallest absolute Gasteiger partial charge is 0.387 e. The molecule has 2 N–H and O–H groups in total. The summed E-state index contributed by atoms with van der Waals surface area (Å²) in [5.41, 5.74) is 0. The third-order valence-electron chi connectivity index (χ3n) is 1.32. The Morgan fingerprint density at radius 2 is 1.31 bits per heavy atom. The highest BCUT2D eigenvalue weighted by Crippen LogP contribution is 2.45. The van der Waals surface area contributed by atoms with Crippen LogP contribution < -0.4 is 0 Å². The standard InChI is InChI=1S/C5H6F6O2/c1-2(12)3(6,7)4(8,9)5(10,11)13/h2,12-13H,1H3. The van der Waals surface area contributed by atoms with E-state index < -0.39 is 24.1 Å². The zero-order chi connectivity index (χ0) is 11.1. The molecule has 0 amide bonds. The van der Waals surface area contributed by atoms with Gasteiger partial charge in [0.25, 0.3) is 0 Å². The number of hydrogen-bond donors (Lipinski definition) is 2. The molecule has 0 aliphatic rings. The van der Waals surface area contributed by atoms with Crippen LogP contribution in [0.25, 0.3) is 0 Å².